The van der Waals surface area contributed by atoms with Gasteiger partial charge in [0.2, 0.25) is 9.05 Å². The maximum atomic E-state index is 12.8. The van der Waals surface area contributed by atoms with Gasteiger partial charge in [0.25, 0.3) is 0 Å². The molecule has 0 aliphatic carbocycles. The van der Waals surface area contributed by atoms with E-state index >= 15 is 0 Å². The van der Waals surface area contributed by atoms with Crippen molar-refractivity contribution in [3.05, 3.63) is 30.1 Å². The Bertz CT molecular complexity index is 538. The molecule has 0 radical (unpaired) electrons. The standard InChI is InChI=1S/C13H16ClFO4S/c14-20(16,17)10-13(5-7-18-8-6-13)9-19-12-3-1-11(15)2-4-12/h1-4H,5-10H2. The Balaban J connectivity index is 2.06. The van der Waals surface area contributed by atoms with E-state index in [1.165, 1.54) is 24.3 Å². The van der Waals surface area contributed by atoms with Crippen LogP contribution >= 0.6 is 10.7 Å². The van der Waals surface area contributed by atoms with Crippen molar-refractivity contribution in [3.63, 3.8) is 0 Å². The fourth-order valence-corrected chi connectivity index (χ4v) is 4.07. The van der Waals surface area contributed by atoms with Gasteiger partial charge in [-0.15, -0.1) is 0 Å². The number of ether oxygens (including phenoxy) is 2. The Labute approximate surface area is 122 Å². The maximum Gasteiger partial charge on any atom is 0.233 e. The molecular weight excluding hydrogens is 307 g/mol. The molecule has 112 valence electrons. The molecule has 1 aromatic carbocycles. The highest BCUT2D eigenvalue weighted by Gasteiger charge is 2.37. The number of benzene rings is 1. The Morgan fingerprint density at radius 3 is 2.40 bits per heavy atom. The van der Waals surface area contributed by atoms with Crippen molar-refractivity contribution in [2.45, 2.75) is 12.8 Å². The molecule has 1 heterocycles. The van der Waals surface area contributed by atoms with Gasteiger partial charge in [-0.3, -0.25) is 0 Å². The summed E-state index contributed by atoms with van der Waals surface area (Å²) in [6.45, 7) is 1.19. The Hall–Kier alpha value is -0.850. The lowest BCUT2D eigenvalue weighted by atomic mass is 9.83. The monoisotopic (exact) mass is 322 g/mol. The molecule has 7 heteroatoms. The first-order valence-corrected chi connectivity index (χ1v) is 8.75. The van der Waals surface area contributed by atoms with Gasteiger partial charge >= 0.3 is 0 Å². The zero-order valence-electron chi connectivity index (χ0n) is 10.8. The second-order valence-corrected chi connectivity index (χ2v) is 7.82. The SMILES string of the molecule is O=S(=O)(Cl)CC1(COc2ccc(F)cc2)CCOCC1. The molecule has 1 fully saturated rings. The molecule has 2 rings (SSSR count). The summed E-state index contributed by atoms with van der Waals surface area (Å²) in [6, 6.07) is 5.61. The molecule has 4 nitrogen and oxygen atoms in total. The van der Waals surface area contributed by atoms with Crippen LogP contribution in [0, 0.1) is 11.2 Å². The van der Waals surface area contributed by atoms with Gasteiger partial charge < -0.3 is 9.47 Å². The van der Waals surface area contributed by atoms with E-state index in [9.17, 15) is 12.8 Å². The van der Waals surface area contributed by atoms with Crippen LogP contribution in [-0.2, 0) is 13.8 Å². The molecule has 1 aromatic rings. The predicted molar refractivity (Wildman–Crippen MR) is 74.0 cm³/mol. The van der Waals surface area contributed by atoms with Crippen LogP contribution in [0.5, 0.6) is 5.75 Å². The number of halogens is 2. The van der Waals surface area contributed by atoms with Crippen LogP contribution < -0.4 is 4.74 Å². The van der Waals surface area contributed by atoms with Crippen molar-refractivity contribution in [2.75, 3.05) is 25.6 Å². The third-order valence-corrected chi connectivity index (χ3v) is 4.68. The second-order valence-electron chi connectivity index (χ2n) is 5.04. The predicted octanol–water partition coefficient (Wildman–Crippen LogP) is 2.57. The molecule has 1 saturated heterocycles. The zero-order chi connectivity index (χ0) is 14.6. The van der Waals surface area contributed by atoms with Gasteiger partial charge in [0.1, 0.15) is 11.6 Å². The molecule has 0 saturated carbocycles. The number of hydrogen-bond acceptors (Lipinski definition) is 4. The van der Waals surface area contributed by atoms with E-state index in [2.05, 4.69) is 0 Å². The van der Waals surface area contributed by atoms with Gasteiger partial charge in [-0.05, 0) is 37.1 Å². The summed E-state index contributed by atoms with van der Waals surface area (Å²) in [5, 5.41) is 0. The molecule has 0 aromatic heterocycles. The van der Waals surface area contributed by atoms with Crippen molar-refractivity contribution in [3.8, 4) is 5.75 Å². The van der Waals surface area contributed by atoms with Crippen LogP contribution in [0.25, 0.3) is 0 Å². The van der Waals surface area contributed by atoms with E-state index in [4.69, 9.17) is 20.2 Å². The van der Waals surface area contributed by atoms with Crippen molar-refractivity contribution >= 4 is 19.7 Å². The average molecular weight is 323 g/mol. The molecule has 0 atom stereocenters. The average Bonchev–Trinajstić information content (AvgIpc) is 2.37. The first-order valence-electron chi connectivity index (χ1n) is 6.27. The third kappa shape index (κ3) is 4.61. The lowest BCUT2D eigenvalue weighted by Gasteiger charge is -2.35. The van der Waals surface area contributed by atoms with Crippen LogP contribution in [-0.4, -0.2) is 34.0 Å². The third-order valence-electron chi connectivity index (χ3n) is 3.39. The van der Waals surface area contributed by atoms with Gasteiger partial charge in [0.05, 0.1) is 12.4 Å². The minimum Gasteiger partial charge on any atom is -0.493 e. The minimum absolute atomic E-state index is 0.147. The summed E-state index contributed by atoms with van der Waals surface area (Å²) >= 11 is 0. The summed E-state index contributed by atoms with van der Waals surface area (Å²) in [7, 11) is 1.77. The summed E-state index contributed by atoms with van der Waals surface area (Å²) in [5.41, 5.74) is -0.548. The van der Waals surface area contributed by atoms with Gasteiger partial charge in [-0.2, -0.15) is 0 Å². The molecule has 0 bridgehead atoms. The van der Waals surface area contributed by atoms with E-state index in [1.54, 1.807) is 0 Å². The maximum absolute atomic E-state index is 12.8. The van der Waals surface area contributed by atoms with Crippen molar-refractivity contribution in [1.82, 2.24) is 0 Å². The van der Waals surface area contributed by atoms with Gasteiger partial charge in [0.15, 0.2) is 0 Å². The highest BCUT2D eigenvalue weighted by Crippen LogP contribution is 2.34. The van der Waals surface area contributed by atoms with E-state index in [0.29, 0.717) is 31.8 Å². The Morgan fingerprint density at radius 2 is 1.85 bits per heavy atom. The van der Waals surface area contributed by atoms with Gasteiger partial charge in [0, 0.05) is 29.3 Å². The second kappa shape index (κ2) is 6.28. The lowest BCUT2D eigenvalue weighted by molar-refractivity contribution is 0.00227. The smallest absolute Gasteiger partial charge is 0.233 e. The van der Waals surface area contributed by atoms with Crippen LogP contribution in [0.1, 0.15) is 12.8 Å². The molecule has 0 N–H and O–H groups in total. The zero-order valence-corrected chi connectivity index (χ0v) is 12.4. The summed E-state index contributed by atoms with van der Waals surface area (Å²) in [4.78, 5) is 0. The van der Waals surface area contributed by atoms with E-state index in [-0.39, 0.29) is 18.2 Å². The molecular formula is C13H16ClFO4S. The lowest BCUT2D eigenvalue weighted by Crippen LogP contribution is -2.40. The fraction of sp³-hybridized carbons (Fsp3) is 0.538. The number of rotatable bonds is 5. The Morgan fingerprint density at radius 1 is 1.25 bits per heavy atom. The van der Waals surface area contributed by atoms with Crippen LogP contribution in [0.3, 0.4) is 0 Å². The van der Waals surface area contributed by atoms with E-state index in [0.717, 1.165) is 0 Å². The van der Waals surface area contributed by atoms with Gasteiger partial charge in [-0.1, -0.05) is 0 Å². The van der Waals surface area contributed by atoms with Crippen LogP contribution in [0.15, 0.2) is 24.3 Å². The molecule has 1 aliphatic heterocycles. The summed E-state index contributed by atoms with van der Waals surface area (Å²) < 4.78 is 46.4. The van der Waals surface area contributed by atoms with Crippen molar-refractivity contribution in [2.24, 2.45) is 5.41 Å². The largest absolute Gasteiger partial charge is 0.493 e. The summed E-state index contributed by atoms with van der Waals surface area (Å²) in [6.07, 6.45) is 1.14. The van der Waals surface area contributed by atoms with Crippen LogP contribution in [0.4, 0.5) is 4.39 Å². The Kier molecular flexibility index (Phi) is 4.88. The van der Waals surface area contributed by atoms with E-state index < -0.39 is 14.5 Å². The minimum atomic E-state index is -3.62. The highest BCUT2D eigenvalue weighted by atomic mass is 35.7. The normalized spacial score (nSPS) is 18.7. The van der Waals surface area contributed by atoms with Crippen molar-refractivity contribution < 1.29 is 22.3 Å². The first kappa shape index (κ1) is 15.5. The molecule has 0 unspecified atom stereocenters. The molecule has 20 heavy (non-hydrogen) atoms. The van der Waals surface area contributed by atoms with Crippen LogP contribution in [0.2, 0.25) is 0 Å². The molecule has 0 spiro atoms. The van der Waals surface area contributed by atoms with Crippen molar-refractivity contribution in [1.29, 1.82) is 0 Å². The fourth-order valence-electron chi connectivity index (χ4n) is 2.27. The molecule has 1 aliphatic rings. The number of hydrogen-bond donors (Lipinski definition) is 0. The molecule has 0 amide bonds. The topological polar surface area (TPSA) is 52.6 Å². The summed E-state index contributed by atoms with van der Waals surface area (Å²) in [5.74, 6) is 0.0113. The highest BCUT2D eigenvalue weighted by molar-refractivity contribution is 8.13. The first-order chi connectivity index (χ1) is 9.39. The quantitative estimate of drug-likeness (QED) is 0.782. The van der Waals surface area contributed by atoms with E-state index in [1.807, 2.05) is 0 Å². The van der Waals surface area contributed by atoms with Gasteiger partial charge in [-0.25, -0.2) is 12.8 Å².